The number of ether oxygens (including phenoxy) is 1. The van der Waals surface area contributed by atoms with Crippen LogP contribution in [0.1, 0.15) is 48.0 Å². The first-order valence-electron chi connectivity index (χ1n) is 7.88. The minimum Gasteiger partial charge on any atom is -0.467 e. The van der Waals surface area contributed by atoms with Crippen molar-refractivity contribution in [1.82, 2.24) is 10.6 Å². The maximum absolute atomic E-state index is 12.4. The number of hydrogen-bond acceptors (Lipinski definition) is 5. The molecular formula is C16H31N3O4. The molecule has 0 aromatic carbocycles. The number of esters is 1. The Morgan fingerprint density at radius 1 is 1.13 bits per heavy atom. The summed E-state index contributed by atoms with van der Waals surface area (Å²) in [6.07, 6.45) is 0.528. The molecule has 0 aliphatic carbocycles. The Morgan fingerprint density at radius 3 is 2.04 bits per heavy atom. The zero-order chi connectivity index (χ0) is 18.4. The number of amides is 2. The normalized spacial score (nSPS) is 14.3. The molecule has 0 aliphatic heterocycles. The second-order valence-corrected chi connectivity index (χ2v) is 7.07. The van der Waals surface area contributed by atoms with E-state index < -0.39 is 35.4 Å². The molecule has 7 nitrogen and oxygen atoms in total. The monoisotopic (exact) mass is 329 g/mol. The molecule has 4 N–H and O–H groups in total. The number of hydrogen-bond donors (Lipinski definition) is 3. The lowest BCUT2D eigenvalue weighted by Gasteiger charge is -2.30. The fourth-order valence-electron chi connectivity index (χ4n) is 2.02. The van der Waals surface area contributed by atoms with Crippen molar-refractivity contribution in [3.05, 3.63) is 0 Å². The highest BCUT2D eigenvalue weighted by atomic mass is 16.5. The highest BCUT2D eigenvalue weighted by Crippen LogP contribution is 2.10. The summed E-state index contributed by atoms with van der Waals surface area (Å²) in [7, 11) is 1.27. The van der Waals surface area contributed by atoms with E-state index in [2.05, 4.69) is 15.4 Å². The second-order valence-electron chi connectivity index (χ2n) is 7.07. The molecule has 0 rings (SSSR count). The van der Waals surface area contributed by atoms with Crippen LogP contribution in [-0.2, 0) is 19.1 Å². The van der Waals surface area contributed by atoms with Gasteiger partial charge in [0.05, 0.1) is 13.2 Å². The minimum absolute atomic E-state index is 0.138. The predicted octanol–water partition coefficient (Wildman–Crippen LogP) is 0.568. The van der Waals surface area contributed by atoms with Gasteiger partial charge in [0.2, 0.25) is 11.8 Å². The lowest BCUT2D eigenvalue weighted by Crippen LogP contribution is -2.61. The van der Waals surface area contributed by atoms with Crippen LogP contribution in [0.15, 0.2) is 0 Å². The molecule has 23 heavy (non-hydrogen) atoms. The fraction of sp³-hybridized carbons (Fsp3) is 0.812. The molecule has 0 aliphatic rings. The Hall–Kier alpha value is -1.63. The van der Waals surface area contributed by atoms with Gasteiger partial charge in [-0.25, -0.2) is 4.79 Å². The zero-order valence-electron chi connectivity index (χ0n) is 15.2. The van der Waals surface area contributed by atoms with Crippen LogP contribution in [0.2, 0.25) is 0 Å². The highest BCUT2D eigenvalue weighted by Gasteiger charge is 2.35. The SMILES string of the molecule is COC(=O)[C@@H](NC(=O)C(C)(C)NC(=O)[C@@H](N)CC(C)C)C(C)C. The quantitative estimate of drug-likeness (QED) is 0.564. The molecule has 0 unspecified atom stereocenters. The molecule has 0 saturated heterocycles. The Labute approximate surface area is 138 Å². The number of carbonyl (C=O) groups excluding carboxylic acids is 3. The number of carbonyl (C=O) groups is 3. The van der Waals surface area contributed by atoms with E-state index in [1.807, 2.05) is 13.8 Å². The van der Waals surface area contributed by atoms with Crippen LogP contribution in [0.25, 0.3) is 0 Å². The molecule has 2 atom stereocenters. The fourth-order valence-corrected chi connectivity index (χ4v) is 2.02. The summed E-state index contributed by atoms with van der Waals surface area (Å²) < 4.78 is 4.69. The molecular weight excluding hydrogens is 298 g/mol. The van der Waals surface area contributed by atoms with Gasteiger partial charge in [-0.2, -0.15) is 0 Å². The van der Waals surface area contributed by atoms with Crippen LogP contribution in [0, 0.1) is 11.8 Å². The summed E-state index contributed by atoms with van der Waals surface area (Å²) in [5.74, 6) is -1.24. The van der Waals surface area contributed by atoms with E-state index in [9.17, 15) is 14.4 Å². The van der Waals surface area contributed by atoms with Crippen molar-refractivity contribution in [2.75, 3.05) is 7.11 Å². The summed E-state index contributed by atoms with van der Waals surface area (Å²) >= 11 is 0. The molecule has 0 aromatic heterocycles. The third kappa shape index (κ3) is 6.99. The number of nitrogens with two attached hydrogens (primary N) is 1. The van der Waals surface area contributed by atoms with Gasteiger partial charge in [0.25, 0.3) is 0 Å². The maximum Gasteiger partial charge on any atom is 0.328 e. The van der Waals surface area contributed by atoms with E-state index >= 15 is 0 Å². The van der Waals surface area contributed by atoms with Gasteiger partial charge in [-0.1, -0.05) is 27.7 Å². The average molecular weight is 329 g/mol. The first kappa shape index (κ1) is 21.4. The van der Waals surface area contributed by atoms with E-state index in [0.29, 0.717) is 6.42 Å². The summed E-state index contributed by atoms with van der Waals surface area (Å²) in [5.41, 5.74) is 4.64. The van der Waals surface area contributed by atoms with Gasteiger partial charge >= 0.3 is 5.97 Å². The van der Waals surface area contributed by atoms with Gasteiger partial charge in [0.1, 0.15) is 11.6 Å². The molecule has 0 heterocycles. The molecule has 0 radical (unpaired) electrons. The van der Waals surface area contributed by atoms with E-state index in [1.54, 1.807) is 27.7 Å². The Balaban J connectivity index is 4.89. The van der Waals surface area contributed by atoms with Gasteiger partial charge in [-0.05, 0) is 32.1 Å². The Bertz CT molecular complexity index is 433. The van der Waals surface area contributed by atoms with Crippen LogP contribution < -0.4 is 16.4 Å². The molecule has 0 bridgehead atoms. The second kappa shape index (κ2) is 8.86. The van der Waals surface area contributed by atoms with Crippen LogP contribution in [-0.4, -0.2) is 42.5 Å². The first-order valence-corrected chi connectivity index (χ1v) is 7.88. The smallest absolute Gasteiger partial charge is 0.328 e. The molecule has 7 heteroatoms. The van der Waals surface area contributed by atoms with Gasteiger partial charge in [0, 0.05) is 0 Å². The molecule has 2 amide bonds. The van der Waals surface area contributed by atoms with Crippen molar-refractivity contribution in [3.63, 3.8) is 0 Å². The van der Waals surface area contributed by atoms with Gasteiger partial charge in [-0.3, -0.25) is 9.59 Å². The lowest BCUT2D eigenvalue weighted by molar-refractivity contribution is -0.147. The molecule has 0 spiro atoms. The molecule has 0 saturated carbocycles. The maximum atomic E-state index is 12.4. The Morgan fingerprint density at radius 2 is 1.65 bits per heavy atom. The van der Waals surface area contributed by atoms with Crippen LogP contribution in [0.4, 0.5) is 0 Å². The van der Waals surface area contributed by atoms with Crippen LogP contribution in [0.3, 0.4) is 0 Å². The zero-order valence-corrected chi connectivity index (χ0v) is 15.2. The summed E-state index contributed by atoms with van der Waals surface area (Å²) in [4.78, 5) is 36.2. The third-order valence-electron chi connectivity index (χ3n) is 3.47. The number of rotatable bonds is 8. The predicted molar refractivity (Wildman–Crippen MR) is 88.4 cm³/mol. The van der Waals surface area contributed by atoms with E-state index in [-0.39, 0.29) is 11.8 Å². The number of nitrogens with one attached hydrogen (secondary N) is 2. The lowest BCUT2D eigenvalue weighted by atomic mass is 9.98. The topological polar surface area (TPSA) is 111 Å². The van der Waals surface area contributed by atoms with Crippen LogP contribution in [0.5, 0.6) is 0 Å². The van der Waals surface area contributed by atoms with E-state index in [1.165, 1.54) is 7.11 Å². The highest BCUT2D eigenvalue weighted by molar-refractivity contribution is 5.94. The van der Waals surface area contributed by atoms with Crippen molar-refractivity contribution in [1.29, 1.82) is 0 Å². The molecule has 134 valence electrons. The summed E-state index contributed by atoms with van der Waals surface area (Å²) in [5, 5.41) is 5.26. The Kier molecular flexibility index (Phi) is 8.23. The minimum atomic E-state index is -1.19. The van der Waals surface area contributed by atoms with Gasteiger partial charge in [-0.15, -0.1) is 0 Å². The van der Waals surface area contributed by atoms with Crippen molar-refractivity contribution >= 4 is 17.8 Å². The first-order chi connectivity index (χ1) is 10.4. The summed E-state index contributed by atoms with van der Waals surface area (Å²) in [6.45, 7) is 10.7. The standard InChI is InChI=1S/C16H31N3O4/c1-9(2)8-11(17)13(20)19-16(5,6)15(22)18-12(10(3)4)14(21)23-7/h9-12H,8,17H2,1-7H3,(H,18,22)(H,19,20)/t11-,12-/m0/s1. The number of methoxy groups -OCH3 is 1. The van der Waals surface area contributed by atoms with Crippen molar-refractivity contribution < 1.29 is 19.1 Å². The largest absolute Gasteiger partial charge is 0.467 e. The van der Waals surface area contributed by atoms with Gasteiger partial charge < -0.3 is 21.1 Å². The average Bonchev–Trinajstić information content (AvgIpc) is 2.41. The summed E-state index contributed by atoms with van der Waals surface area (Å²) in [6, 6.07) is -1.45. The van der Waals surface area contributed by atoms with E-state index in [4.69, 9.17) is 5.73 Å². The van der Waals surface area contributed by atoms with E-state index in [0.717, 1.165) is 0 Å². The molecule has 0 fully saturated rings. The van der Waals surface area contributed by atoms with Crippen LogP contribution >= 0.6 is 0 Å². The van der Waals surface area contributed by atoms with Gasteiger partial charge in [0.15, 0.2) is 0 Å². The van der Waals surface area contributed by atoms with Crippen molar-refractivity contribution in [3.8, 4) is 0 Å². The van der Waals surface area contributed by atoms with Crippen molar-refractivity contribution in [2.45, 2.75) is 65.6 Å². The third-order valence-corrected chi connectivity index (χ3v) is 3.47. The van der Waals surface area contributed by atoms with Crippen molar-refractivity contribution in [2.24, 2.45) is 17.6 Å². The molecule has 0 aromatic rings.